The molecule has 0 bridgehead atoms. The lowest BCUT2D eigenvalue weighted by Gasteiger charge is -2.07. The molecule has 2 amide bonds. The van der Waals surface area contributed by atoms with Gasteiger partial charge in [0.1, 0.15) is 5.75 Å². The minimum absolute atomic E-state index is 0.0555. The number of aromatic nitrogens is 2. The van der Waals surface area contributed by atoms with Gasteiger partial charge in [-0.3, -0.25) is 14.9 Å². The fourth-order valence-electron chi connectivity index (χ4n) is 2.35. The van der Waals surface area contributed by atoms with E-state index in [4.69, 9.17) is 4.74 Å². The molecule has 1 heterocycles. The smallest absolute Gasteiger partial charge is 0.261 e. The first-order valence-corrected chi connectivity index (χ1v) is 10.1. The van der Waals surface area contributed by atoms with E-state index in [1.54, 1.807) is 24.3 Å². The lowest BCUT2D eigenvalue weighted by molar-refractivity contribution is -0.117. The molecule has 0 fully saturated rings. The van der Waals surface area contributed by atoms with Gasteiger partial charge in [0.2, 0.25) is 11.0 Å². The van der Waals surface area contributed by atoms with E-state index in [9.17, 15) is 9.59 Å². The van der Waals surface area contributed by atoms with Crippen LogP contribution in [0.5, 0.6) is 5.75 Å². The van der Waals surface area contributed by atoms with E-state index in [1.807, 2.05) is 31.2 Å². The Morgan fingerprint density at radius 3 is 2.75 bits per heavy atom. The molecule has 0 aliphatic carbocycles. The van der Waals surface area contributed by atoms with Crippen LogP contribution in [0.1, 0.15) is 15.9 Å². The number of imide groups is 1. The van der Waals surface area contributed by atoms with Gasteiger partial charge < -0.3 is 10.1 Å². The average molecular weight is 415 g/mol. The van der Waals surface area contributed by atoms with E-state index in [1.165, 1.54) is 30.2 Å². The summed E-state index contributed by atoms with van der Waals surface area (Å²) in [6.07, 6.45) is 0. The number of nitrogens with one attached hydrogen (secondary N) is 2. The molecule has 3 rings (SSSR count). The summed E-state index contributed by atoms with van der Waals surface area (Å²) >= 11 is 2.56. The molecule has 2 N–H and O–H groups in total. The molecule has 0 aliphatic heterocycles. The Morgan fingerprint density at radius 1 is 1.14 bits per heavy atom. The number of rotatable bonds is 7. The quantitative estimate of drug-likeness (QED) is 0.570. The van der Waals surface area contributed by atoms with Gasteiger partial charge in [-0.15, -0.1) is 10.2 Å². The molecule has 9 heteroatoms. The van der Waals surface area contributed by atoms with Crippen molar-refractivity contribution in [1.29, 1.82) is 0 Å². The zero-order valence-electron chi connectivity index (χ0n) is 15.3. The van der Waals surface area contributed by atoms with Crippen molar-refractivity contribution in [3.8, 4) is 5.75 Å². The molecule has 1 aromatic heterocycles. The van der Waals surface area contributed by atoms with Crippen molar-refractivity contribution in [2.24, 2.45) is 0 Å². The highest BCUT2D eigenvalue weighted by Crippen LogP contribution is 2.27. The molecule has 0 saturated carbocycles. The summed E-state index contributed by atoms with van der Waals surface area (Å²) in [5, 5.41) is 14.3. The molecule has 3 aromatic rings. The normalized spacial score (nSPS) is 10.4. The van der Waals surface area contributed by atoms with Crippen molar-refractivity contribution >= 4 is 45.7 Å². The predicted octanol–water partition coefficient (Wildman–Crippen LogP) is 3.65. The highest BCUT2D eigenvalue weighted by molar-refractivity contribution is 8.01. The number of methoxy groups -OCH3 is 1. The third-order valence-corrected chi connectivity index (χ3v) is 5.58. The molecule has 7 nitrogen and oxygen atoms in total. The fourth-order valence-corrected chi connectivity index (χ4v) is 3.93. The lowest BCUT2D eigenvalue weighted by Crippen LogP contribution is -2.32. The number of thioether (sulfide) groups is 1. The maximum atomic E-state index is 12.2. The van der Waals surface area contributed by atoms with Crippen LogP contribution >= 0.6 is 23.1 Å². The van der Waals surface area contributed by atoms with Crippen LogP contribution in [0, 0.1) is 6.92 Å². The van der Waals surface area contributed by atoms with E-state index in [2.05, 4.69) is 20.8 Å². The van der Waals surface area contributed by atoms with Gasteiger partial charge in [-0.05, 0) is 36.8 Å². The Balaban J connectivity index is 1.52. The average Bonchev–Trinajstić information content (AvgIpc) is 3.13. The zero-order valence-corrected chi connectivity index (χ0v) is 16.9. The second kappa shape index (κ2) is 9.34. The lowest BCUT2D eigenvalue weighted by atomic mass is 10.2. The topological polar surface area (TPSA) is 93.2 Å². The molecule has 0 radical (unpaired) electrons. The largest absolute Gasteiger partial charge is 0.496 e. The van der Waals surface area contributed by atoms with Crippen LogP contribution in [-0.2, 0) is 4.79 Å². The number of para-hydroxylation sites is 1. The second-order valence-electron chi connectivity index (χ2n) is 5.73. The van der Waals surface area contributed by atoms with Crippen molar-refractivity contribution in [3.05, 3.63) is 59.7 Å². The molecular weight excluding hydrogens is 396 g/mol. The molecule has 0 saturated heterocycles. The first-order valence-electron chi connectivity index (χ1n) is 8.32. The Labute approximate surface area is 170 Å². The van der Waals surface area contributed by atoms with Crippen LogP contribution in [0.25, 0.3) is 0 Å². The summed E-state index contributed by atoms with van der Waals surface area (Å²) in [7, 11) is 1.47. The van der Waals surface area contributed by atoms with Crippen molar-refractivity contribution in [3.63, 3.8) is 0 Å². The van der Waals surface area contributed by atoms with Crippen LogP contribution in [0.4, 0.5) is 10.8 Å². The summed E-state index contributed by atoms with van der Waals surface area (Å²) in [4.78, 5) is 24.3. The minimum Gasteiger partial charge on any atom is -0.496 e. The van der Waals surface area contributed by atoms with Gasteiger partial charge in [-0.2, -0.15) is 0 Å². The van der Waals surface area contributed by atoms with Crippen LogP contribution < -0.4 is 15.4 Å². The van der Waals surface area contributed by atoms with E-state index in [0.717, 1.165) is 11.3 Å². The standard InChI is InChI=1S/C19H18N4O3S2/c1-12-6-5-7-13(10-12)20-18-22-23-19(28-18)27-11-16(24)21-17(25)14-8-3-4-9-15(14)26-2/h3-10H,11H2,1-2H3,(H,20,22)(H,21,24,25). The molecular formula is C19H18N4O3S2. The van der Waals surface area contributed by atoms with E-state index >= 15 is 0 Å². The minimum atomic E-state index is -0.498. The number of benzene rings is 2. The number of amides is 2. The van der Waals surface area contributed by atoms with E-state index < -0.39 is 11.8 Å². The number of ether oxygens (including phenoxy) is 1. The number of anilines is 2. The van der Waals surface area contributed by atoms with Crippen LogP contribution in [-0.4, -0.2) is 34.9 Å². The van der Waals surface area contributed by atoms with Crippen molar-refractivity contribution in [2.45, 2.75) is 11.3 Å². The zero-order chi connectivity index (χ0) is 19.9. The van der Waals surface area contributed by atoms with Gasteiger partial charge in [-0.25, -0.2) is 0 Å². The Morgan fingerprint density at radius 2 is 1.96 bits per heavy atom. The fraction of sp³-hybridized carbons (Fsp3) is 0.158. The van der Waals surface area contributed by atoms with Crippen LogP contribution in [0.3, 0.4) is 0 Å². The van der Waals surface area contributed by atoms with E-state index in [0.29, 0.717) is 20.8 Å². The third-order valence-electron chi connectivity index (χ3n) is 3.61. The SMILES string of the molecule is COc1ccccc1C(=O)NC(=O)CSc1nnc(Nc2cccc(C)c2)s1. The summed E-state index contributed by atoms with van der Waals surface area (Å²) in [6, 6.07) is 14.6. The number of hydrogen-bond acceptors (Lipinski definition) is 8. The number of carbonyl (C=O) groups is 2. The number of nitrogens with zero attached hydrogens (tertiary/aromatic N) is 2. The number of aryl methyl sites for hydroxylation is 1. The van der Waals surface area contributed by atoms with Gasteiger partial charge in [0.15, 0.2) is 4.34 Å². The maximum Gasteiger partial charge on any atom is 0.261 e. The van der Waals surface area contributed by atoms with Crippen molar-refractivity contribution in [1.82, 2.24) is 15.5 Å². The summed E-state index contributed by atoms with van der Waals surface area (Å²) in [5.74, 6) is -0.442. The van der Waals surface area contributed by atoms with Crippen molar-refractivity contribution < 1.29 is 14.3 Å². The number of hydrogen-bond donors (Lipinski definition) is 2. The summed E-state index contributed by atoms with van der Waals surface area (Å²) in [5.41, 5.74) is 2.37. The van der Waals surface area contributed by atoms with Gasteiger partial charge in [0, 0.05) is 5.69 Å². The molecule has 2 aromatic carbocycles. The Bertz CT molecular complexity index is 991. The molecule has 28 heavy (non-hydrogen) atoms. The highest BCUT2D eigenvalue weighted by atomic mass is 32.2. The first kappa shape index (κ1) is 19.8. The second-order valence-corrected chi connectivity index (χ2v) is 7.93. The third kappa shape index (κ3) is 5.30. The monoisotopic (exact) mass is 414 g/mol. The van der Waals surface area contributed by atoms with Gasteiger partial charge in [0.05, 0.1) is 18.4 Å². The first-order chi connectivity index (χ1) is 13.5. The Kier molecular flexibility index (Phi) is 6.62. The molecule has 0 atom stereocenters. The van der Waals surface area contributed by atoms with Gasteiger partial charge in [-0.1, -0.05) is 47.4 Å². The molecule has 0 aliphatic rings. The van der Waals surface area contributed by atoms with Gasteiger partial charge >= 0.3 is 0 Å². The summed E-state index contributed by atoms with van der Waals surface area (Å²) in [6.45, 7) is 2.01. The molecule has 144 valence electrons. The van der Waals surface area contributed by atoms with E-state index in [-0.39, 0.29) is 5.75 Å². The summed E-state index contributed by atoms with van der Waals surface area (Å²) < 4.78 is 5.77. The highest BCUT2D eigenvalue weighted by Gasteiger charge is 2.15. The van der Waals surface area contributed by atoms with Crippen LogP contribution in [0.2, 0.25) is 0 Å². The maximum absolute atomic E-state index is 12.2. The van der Waals surface area contributed by atoms with Crippen LogP contribution in [0.15, 0.2) is 52.9 Å². The molecule has 0 spiro atoms. The molecule has 0 unspecified atom stereocenters. The van der Waals surface area contributed by atoms with Crippen molar-refractivity contribution in [2.75, 3.05) is 18.2 Å². The predicted molar refractivity (Wildman–Crippen MR) is 111 cm³/mol. The Hall–Kier alpha value is -2.91. The number of carbonyl (C=O) groups excluding carboxylic acids is 2. The van der Waals surface area contributed by atoms with Gasteiger partial charge in [0.25, 0.3) is 5.91 Å².